The van der Waals surface area contributed by atoms with Crippen molar-refractivity contribution in [2.45, 2.75) is 25.8 Å². The molecule has 0 aliphatic carbocycles. The zero-order valence-corrected chi connectivity index (χ0v) is 15.5. The lowest BCUT2D eigenvalue weighted by atomic mass is 10.2. The Labute approximate surface area is 157 Å². The molecule has 2 aromatic heterocycles. The van der Waals surface area contributed by atoms with Crippen LogP contribution < -0.4 is 10.1 Å². The SMILES string of the molecule is COc1ccccc1CNC(=O)Cc1csc(CCc2ccccn2)n1. The van der Waals surface area contributed by atoms with E-state index in [1.807, 2.05) is 47.8 Å². The quantitative estimate of drug-likeness (QED) is 0.664. The molecule has 0 saturated carbocycles. The lowest BCUT2D eigenvalue weighted by Gasteiger charge is -2.09. The molecule has 134 valence electrons. The number of hydrogen-bond donors (Lipinski definition) is 1. The fraction of sp³-hybridized carbons (Fsp3) is 0.250. The van der Waals surface area contributed by atoms with Crippen LogP contribution in [0.5, 0.6) is 5.75 Å². The Morgan fingerprint density at radius 2 is 1.96 bits per heavy atom. The van der Waals surface area contributed by atoms with Crippen molar-refractivity contribution in [3.63, 3.8) is 0 Å². The van der Waals surface area contributed by atoms with E-state index in [1.165, 1.54) is 0 Å². The molecule has 0 saturated heterocycles. The molecule has 0 radical (unpaired) electrons. The normalized spacial score (nSPS) is 10.5. The number of para-hydroxylation sites is 1. The minimum absolute atomic E-state index is 0.0440. The molecule has 26 heavy (non-hydrogen) atoms. The molecule has 1 N–H and O–H groups in total. The number of aryl methyl sites for hydroxylation is 2. The Balaban J connectivity index is 1.48. The van der Waals surface area contributed by atoms with Gasteiger partial charge < -0.3 is 10.1 Å². The second-order valence-electron chi connectivity index (χ2n) is 5.82. The van der Waals surface area contributed by atoms with Crippen molar-refractivity contribution in [2.24, 2.45) is 0 Å². The van der Waals surface area contributed by atoms with Crippen molar-refractivity contribution < 1.29 is 9.53 Å². The summed E-state index contributed by atoms with van der Waals surface area (Å²) >= 11 is 1.59. The third kappa shape index (κ3) is 5.13. The third-order valence-corrected chi connectivity index (χ3v) is 4.89. The van der Waals surface area contributed by atoms with Crippen molar-refractivity contribution >= 4 is 17.2 Å². The van der Waals surface area contributed by atoms with E-state index in [0.717, 1.165) is 40.6 Å². The van der Waals surface area contributed by atoms with Gasteiger partial charge in [0.2, 0.25) is 5.91 Å². The number of methoxy groups -OCH3 is 1. The molecular weight excluding hydrogens is 346 g/mol. The second-order valence-corrected chi connectivity index (χ2v) is 6.76. The highest BCUT2D eigenvalue weighted by atomic mass is 32.1. The molecule has 0 spiro atoms. The molecule has 5 nitrogen and oxygen atoms in total. The smallest absolute Gasteiger partial charge is 0.226 e. The number of thiazole rings is 1. The Morgan fingerprint density at radius 1 is 1.12 bits per heavy atom. The summed E-state index contributed by atoms with van der Waals surface area (Å²) in [6.07, 6.45) is 3.78. The molecule has 0 aliphatic rings. The van der Waals surface area contributed by atoms with Crippen LogP contribution in [-0.2, 0) is 30.6 Å². The highest BCUT2D eigenvalue weighted by molar-refractivity contribution is 7.09. The number of rotatable bonds is 8. The highest BCUT2D eigenvalue weighted by Crippen LogP contribution is 2.17. The van der Waals surface area contributed by atoms with Crippen LogP contribution >= 0.6 is 11.3 Å². The van der Waals surface area contributed by atoms with Gasteiger partial charge in [-0.15, -0.1) is 11.3 Å². The molecule has 2 heterocycles. The molecule has 3 rings (SSSR count). The van der Waals surface area contributed by atoms with E-state index < -0.39 is 0 Å². The Bertz CT molecular complexity index is 849. The zero-order chi connectivity index (χ0) is 18.2. The van der Waals surface area contributed by atoms with Gasteiger partial charge in [0.15, 0.2) is 0 Å². The van der Waals surface area contributed by atoms with Crippen molar-refractivity contribution in [1.29, 1.82) is 0 Å². The number of pyridine rings is 1. The summed E-state index contributed by atoms with van der Waals surface area (Å²) in [4.78, 5) is 21.1. The van der Waals surface area contributed by atoms with Crippen LogP contribution in [0.3, 0.4) is 0 Å². The fourth-order valence-electron chi connectivity index (χ4n) is 2.60. The average molecular weight is 367 g/mol. The second kappa shape index (κ2) is 9.10. The summed E-state index contributed by atoms with van der Waals surface area (Å²) in [6, 6.07) is 13.6. The summed E-state index contributed by atoms with van der Waals surface area (Å²) in [6.45, 7) is 0.444. The largest absolute Gasteiger partial charge is 0.496 e. The molecule has 0 atom stereocenters. The van der Waals surface area contributed by atoms with Crippen LogP contribution in [0.1, 0.15) is 22.0 Å². The number of aromatic nitrogens is 2. The van der Waals surface area contributed by atoms with Gasteiger partial charge in [0.1, 0.15) is 5.75 Å². The first-order valence-electron chi connectivity index (χ1n) is 8.46. The minimum atomic E-state index is -0.0440. The molecular formula is C20H21N3O2S. The molecule has 1 amide bonds. The number of carbonyl (C=O) groups is 1. The Hall–Kier alpha value is -2.73. The maximum Gasteiger partial charge on any atom is 0.226 e. The van der Waals surface area contributed by atoms with Crippen molar-refractivity contribution in [1.82, 2.24) is 15.3 Å². The lowest BCUT2D eigenvalue weighted by molar-refractivity contribution is -0.120. The topological polar surface area (TPSA) is 64.1 Å². The highest BCUT2D eigenvalue weighted by Gasteiger charge is 2.09. The molecule has 0 unspecified atom stereocenters. The summed E-state index contributed by atoms with van der Waals surface area (Å²) in [5.41, 5.74) is 2.82. The van der Waals surface area contributed by atoms with Crippen molar-refractivity contribution in [3.8, 4) is 5.75 Å². The van der Waals surface area contributed by atoms with Gasteiger partial charge in [0, 0.05) is 35.8 Å². The van der Waals surface area contributed by atoms with Crippen molar-refractivity contribution in [2.75, 3.05) is 7.11 Å². The van der Waals surface area contributed by atoms with Crippen LogP contribution in [0.15, 0.2) is 54.0 Å². The third-order valence-electron chi connectivity index (χ3n) is 3.93. The zero-order valence-electron chi connectivity index (χ0n) is 14.6. The van der Waals surface area contributed by atoms with E-state index in [-0.39, 0.29) is 12.3 Å². The first-order valence-corrected chi connectivity index (χ1v) is 9.34. The van der Waals surface area contributed by atoms with Crippen LogP contribution in [0, 0.1) is 0 Å². The minimum Gasteiger partial charge on any atom is -0.496 e. The molecule has 0 bridgehead atoms. The number of carbonyl (C=O) groups excluding carboxylic acids is 1. The van der Waals surface area contributed by atoms with Gasteiger partial charge in [0.05, 0.1) is 24.2 Å². The van der Waals surface area contributed by atoms with E-state index >= 15 is 0 Å². The van der Waals surface area contributed by atoms with Crippen LogP contribution in [0.4, 0.5) is 0 Å². The van der Waals surface area contributed by atoms with Crippen LogP contribution in [-0.4, -0.2) is 23.0 Å². The summed E-state index contributed by atoms with van der Waals surface area (Å²) in [5, 5.41) is 5.91. The summed E-state index contributed by atoms with van der Waals surface area (Å²) < 4.78 is 5.30. The van der Waals surface area contributed by atoms with E-state index in [1.54, 1.807) is 24.6 Å². The fourth-order valence-corrected chi connectivity index (χ4v) is 3.39. The first-order chi connectivity index (χ1) is 12.7. The monoisotopic (exact) mass is 367 g/mol. The van der Waals surface area contributed by atoms with Gasteiger partial charge in [0.25, 0.3) is 0 Å². The van der Waals surface area contributed by atoms with Crippen LogP contribution in [0.2, 0.25) is 0 Å². The van der Waals surface area contributed by atoms with E-state index in [2.05, 4.69) is 15.3 Å². The number of benzene rings is 1. The maximum absolute atomic E-state index is 12.2. The van der Waals surface area contributed by atoms with Gasteiger partial charge >= 0.3 is 0 Å². The number of amides is 1. The number of nitrogens with zero attached hydrogens (tertiary/aromatic N) is 2. The van der Waals surface area contributed by atoms with Crippen molar-refractivity contribution in [3.05, 3.63) is 76.0 Å². The molecule has 6 heteroatoms. The predicted molar refractivity (Wildman–Crippen MR) is 102 cm³/mol. The molecule has 0 aliphatic heterocycles. The molecule has 0 fully saturated rings. The van der Waals surface area contributed by atoms with E-state index in [4.69, 9.17) is 4.74 Å². The summed E-state index contributed by atoms with van der Waals surface area (Å²) in [5.74, 6) is 0.732. The van der Waals surface area contributed by atoms with Gasteiger partial charge in [-0.2, -0.15) is 0 Å². The maximum atomic E-state index is 12.2. The van der Waals surface area contributed by atoms with Gasteiger partial charge in [-0.05, 0) is 24.6 Å². The number of ether oxygens (including phenoxy) is 1. The average Bonchev–Trinajstić information content (AvgIpc) is 3.13. The summed E-state index contributed by atoms with van der Waals surface area (Å²) in [7, 11) is 1.63. The predicted octanol–water partition coefficient (Wildman–Crippen LogP) is 3.19. The standard InChI is InChI=1S/C20H21N3O2S/c1-25-18-8-3-2-6-15(18)13-22-19(24)12-17-14-26-20(23-17)10-9-16-7-4-5-11-21-16/h2-8,11,14H,9-10,12-13H2,1H3,(H,22,24). The van der Waals surface area contributed by atoms with E-state index in [0.29, 0.717) is 6.54 Å². The van der Waals surface area contributed by atoms with E-state index in [9.17, 15) is 4.79 Å². The molecule has 3 aromatic rings. The Morgan fingerprint density at radius 3 is 2.77 bits per heavy atom. The number of hydrogen-bond acceptors (Lipinski definition) is 5. The first kappa shape index (κ1) is 18.1. The van der Waals surface area contributed by atoms with Gasteiger partial charge in [-0.1, -0.05) is 24.3 Å². The van der Waals surface area contributed by atoms with Crippen LogP contribution in [0.25, 0.3) is 0 Å². The molecule has 1 aromatic carbocycles. The number of nitrogens with one attached hydrogen (secondary N) is 1. The van der Waals surface area contributed by atoms with Gasteiger partial charge in [-0.3, -0.25) is 9.78 Å². The Kier molecular flexibility index (Phi) is 6.33. The van der Waals surface area contributed by atoms with Gasteiger partial charge in [-0.25, -0.2) is 4.98 Å². The lowest BCUT2D eigenvalue weighted by Crippen LogP contribution is -2.24.